The van der Waals surface area contributed by atoms with Crippen molar-refractivity contribution in [1.29, 1.82) is 0 Å². The molecule has 3 rings (SSSR count). The van der Waals surface area contributed by atoms with E-state index in [-0.39, 0.29) is 0 Å². The molecule has 98 valence electrons. The van der Waals surface area contributed by atoms with Gasteiger partial charge >= 0.3 is 0 Å². The maximum absolute atomic E-state index is 3.74. The summed E-state index contributed by atoms with van der Waals surface area (Å²) in [7, 11) is 0. The van der Waals surface area contributed by atoms with Crippen LogP contribution in [0.5, 0.6) is 0 Å². The zero-order valence-corrected chi connectivity index (χ0v) is 11.6. The van der Waals surface area contributed by atoms with Gasteiger partial charge in [0, 0.05) is 18.0 Å². The predicted octanol–water partition coefficient (Wildman–Crippen LogP) is 3.74. The topological polar surface area (TPSA) is 12.0 Å². The molecule has 1 N–H and O–H groups in total. The van der Waals surface area contributed by atoms with Gasteiger partial charge in [0.05, 0.1) is 0 Å². The average molecular weight is 251 g/mol. The van der Waals surface area contributed by atoms with Crippen LogP contribution in [0.3, 0.4) is 0 Å². The van der Waals surface area contributed by atoms with E-state index in [0.717, 1.165) is 6.42 Å². The van der Waals surface area contributed by atoms with E-state index in [1.54, 1.807) is 0 Å². The summed E-state index contributed by atoms with van der Waals surface area (Å²) in [6.07, 6.45) is 1.11. The van der Waals surface area contributed by atoms with Gasteiger partial charge in [-0.15, -0.1) is 0 Å². The summed E-state index contributed by atoms with van der Waals surface area (Å²) in [4.78, 5) is 0. The highest BCUT2D eigenvalue weighted by Crippen LogP contribution is 2.33. The molecule has 0 amide bonds. The van der Waals surface area contributed by atoms with Crippen LogP contribution in [0.1, 0.15) is 36.5 Å². The highest BCUT2D eigenvalue weighted by molar-refractivity contribution is 5.41. The first-order valence-electron chi connectivity index (χ1n) is 7.14. The lowest BCUT2D eigenvalue weighted by Crippen LogP contribution is -2.37. The first kappa shape index (κ1) is 12.4. The molecule has 0 spiro atoms. The van der Waals surface area contributed by atoms with Crippen molar-refractivity contribution >= 4 is 0 Å². The second-order valence-electron chi connectivity index (χ2n) is 5.65. The molecule has 0 saturated carbocycles. The maximum Gasteiger partial charge on any atom is 0.0243 e. The first-order chi connectivity index (χ1) is 9.25. The second kappa shape index (κ2) is 5.18. The fourth-order valence-electron chi connectivity index (χ4n) is 3.36. The molecule has 2 aromatic rings. The lowest BCUT2D eigenvalue weighted by Gasteiger charge is -2.25. The van der Waals surface area contributed by atoms with E-state index >= 15 is 0 Å². The van der Waals surface area contributed by atoms with Gasteiger partial charge in [0.2, 0.25) is 0 Å². The Morgan fingerprint density at radius 3 is 2.37 bits per heavy atom. The normalized spacial score (nSPS) is 26.5. The molecule has 1 aliphatic heterocycles. The summed E-state index contributed by atoms with van der Waals surface area (Å²) in [5.74, 6) is 0.447. The fourth-order valence-corrected chi connectivity index (χ4v) is 3.36. The minimum absolute atomic E-state index is 0.447. The van der Waals surface area contributed by atoms with Crippen molar-refractivity contribution in [2.45, 2.75) is 38.3 Å². The Kier molecular flexibility index (Phi) is 3.39. The lowest BCUT2D eigenvalue weighted by atomic mass is 9.84. The van der Waals surface area contributed by atoms with Gasteiger partial charge in [-0.05, 0) is 37.0 Å². The van der Waals surface area contributed by atoms with Gasteiger partial charge in [-0.25, -0.2) is 0 Å². The van der Waals surface area contributed by atoms with E-state index in [9.17, 15) is 0 Å². The van der Waals surface area contributed by atoms with Crippen molar-refractivity contribution < 1.29 is 0 Å². The standard InChI is InChI=1S/C18H21N/c1-13-12-16-10-6-7-11-17(16)18(14(2)19-13)15-8-4-3-5-9-15/h3-11,13-14,18-19H,12H2,1-2H3. The minimum atomic E-state index is 0.447. The molecule has 0 fully saturated rings. The number of hydrogen-bond acceptors (Lipinski definition) is 1. The van der Waals surface area contributed by atoms with Crippen molar-refractivity contribution in [1.82, 2.24) is 5.32 Å². The van der Waals surface area contributed by atoms with Crippen molar-refractivity contribution in [2.24, 2.45) is 0 Å². The molecule has 2 aromatic carbocycles. The van der Waals surface area contributed by atoms with E-state index in [1.165, 1.54) is 16.7 Å². The molecular formula is C18H21N. The highest BCUT2D eigenvalue weighted by atomic mass is 14.9. The smallest absolute Gasteiger partial charge is 0.0243 e. The van der Waals surface area contributed by atoms with E-state index < -0.39 is 0 Å². The van der Waals surface area contributed by atoms with Gasteiger partial charge < -0.3 is 5.32 Å². The number of nitrogens with one attached hydrogen (secondary N) is 1. The zero-order chi connectivity index (χ0) is 13.2. The molecule has 1 heteroatoms. The molecule has 1 heterocycles. The van der Waals surface area contributed by atoms with Gasteiger partial charge in [-0.2, -0.15) is 0 Å². The third-order valence-electron chi connectivity index (χ3n) is 4.12. The number of rotatable bonds is 1. The van der Waals surface area contributed by atoms with Gasteiger partial charge in [-0.3, -0.25) is 0 Å². The van der Waals surface area contributed by atoms with Crippen LogP contribution < -0.4 is 5.32 Å². The van der Waals surface area contributed by atoms with Crippen LogP contribution in [0.15, 0.2) is 54.6 Å². The van der Waals surface area contributed by atoms with Crippen LogP contribution in [0.2, 0.25) is 0 Å². The summed E-state index contributed by atoms with van der Waals surface area (Å²) in [5, 5.41) is 3.74. The van der Waals surface area contributed by atoms with Crippen molar-refractivity contribution in [3.05, 3.63) is 71.3 Å². The Hall–Kier alpha value is -1.60. The van der Waals surface area contributed by atoms with Crippen LogP contribution in [-0.2, 0) is 6.42 Å². The molecular weight excluding hydrogens is 230 g/mol. The predicted molar refractivity (Wildman–Crippen MR) is 80.5 cm³/mol. The number of benzene rings is 2. The van der Waals surface area contributed by atoms with Gasteiger partial charge in [0.25, 0.3) is 0 Å². The first-order valence-corrected chi connectivity index (χ1v) is 7.14. The van der Waals surface area contributed by atoms with Crippen LogP contribution >= 0.6 is 0 Å². The van der Waals surface area contributed by atoms with Crippen LogP contribution in [0.4, 0.5) is 0 Å². The van der Waals surface area contributed by atoms with Crippen LogP contribution in [0, 0.1) is 0 Å². The molecule has 1 aliphatic rings. The average Bonchev–Trinajstić information content (AvgIpc) is 2.54. The van der Waals surface area contributed by atoms with E-state index in [1.807, 2.05) is 0 Å². The molecule has 0 bridgehead atoms. The minimum Gasteiger partial charge on any atom is -0.311 e. The third kappa shape index (κ3) is 2.43. The SMILES string of the molecule is CC1Cc2ccccc2C(c2ccccc2)C(C)N1. The molecule has 19 heavy (non-hydrogen) atoms. The highest BCUT2D eigenvalue weighted by Gasteiger charge is 2.27. The summed E-state index contributed by atoms with van der Waals surface area (Å²) < 4.78 is 0. The van der Waals surface area contributed by atoms with Crippen molar-refractivity contribution in [3.63, 3.8) is 0 Å². The molecule has 3 unspecified atom stereocenters. The van der Waals surface area contributed by atoms with Crippen molar-refractivity contribution in [3.8, 4) is 0 Å². The Morgan fingerprint density at radius 1 is 0.895 bits per heavy atom. The summed E-state index contributed by atoms with van der Waals surface area (Å²) >= 11 is 0. The number of hydrogen-bond donors (Lipinski definition) is 1. The summed E-state index contributed by atoms with van der Waals surface area (Å²) in [5.41, 5.74) is 4.38. The van der Waals surface area contributed by atoms with Crippen LogP contribution in [0.25, 0.3) is 0 Å². The van der Waals surface area contributed by atoms with Crippen LogP contribution in [-0.4, -0.2) is 12.1 Å². The summed E-state index contributed by atoms with van der Waals surface area (Å²) in [6.45, 7) is 4.58. The van der Waals surface area contributed by atoms with Gasteiger partial charge in [0.15, 0.2) is 0 Å². The van der Waals surface area contributed by atoms with Crippen molar-refractivity contribution in [2.75, 3.05) is 0 Å². The largest absolute Gasteiger partial charge is 0.311 e. The molecule has 0 aliphatic carbocycles. The quantitative estimate of drug-likeness (QED) is 0.814. The maximum atomic E-state index is 3.74. The third-order valence-corrected chi connectivity index (χ3v) is 4.12. The lowest BCUT2D eigenvalue weighted by molar-refractivity contribution is 0.453. The number of fused-ring (bicyclic) bond motifs is 1. The van der Waals surface area contributed by atoms with Gasteiger partial charge in [0.1, 0.15) is 0 Å². The molecule has 0 saturated heterocycles. The van der Waals surface area contributed by atoms with E-state index in [2.05, 4.69) is 73.8 Å². The van der Waals surface area contributed by atoms with E-state index in [0.29, 0.717) is 18.0 Å². The monoisotopic (exact) mass is 251 g/mol. The molecule has 0 radical (unpaired) electrons. The Bertz CT molecular complexity index is 547. The molecule has 3 atom stereocenters. The Morgan fingerprint density at radius 2 is 1.58 bits per heavy atom. The Balaban J connectivity index is 2.11. The molecule has 0 aromatic heterocycles. The van der Waals surface area contributed by atoms with E-state index in [4.69, 9.17) is 0 Å². The zero-order valence-electron chi connectivity index (χ0n) is 11.6. The second-order valence-corrected chi connectivity index (χ2v) is 5.65. The van der Waals surface area contributed by atoms with Gasteiger partial charge in [-0.1, -0.05) is 54.6 Å². The summed E-state index contributed by atoms with van der Waals surface area (Å²) in [6, 6.07) is 20.7. The Labute approximate surface area is 115 Å². The molecule has 1 nitrogen and oxygen atoms in total. The fraction of sp³-hybridized carbons (Fsp3) is 0.333.